The van der Waals surface area contributed by atoms with E-state index in [9.17, 15) is 9.59 Å². The van der Waals surface area contributed by atoms with E-state index in [1.807, 2.05) is 20.8 Å². The number of hydrogen-bond acceptors (Lipinski definition) is 5. The molecule has 236 valence electrons. The van der Waals surface area contributed by atoms with Crippen LogP contribution < -0.4 is 19.3 Å². The first kappa shape index (κ1) is 33.2. The molecule has 1 aliphatic rings. The van der Waals surface area contributed by atoms with Crippen molar-refractivity contribution in [2.24, 2.45) is 0 Å². The number of benzene rings is 4. The highest BCUT2D eigenvalue weighted by Gasteiger charge is 2.41. The average Bonchev–Trinajstić information content (AvgIpc) is 2.99. The van der Waals surface area contributed by atoms with Crippen molar-refractivity contribution in [1.82, 2.24) is 0 Å². The second-order valence-electron chi connectivity index (χ2n) is 11.3. The Morgan fingerprint density at radius 1 is 0.696 bits per heavy atom. The summed E-state index contributed by atoms with van der Waals surface area (Å²) in [4.78, 5) is 30.8. The van der Waals surface area contributed by atoms with Crippen LogP contribution in [0.2, 0.25) is 10.0 Å². The van der Waals surface area contributed by atoms with Crippen LogP contribution in [0.25, 0.3) is 6.08 Å². The Morgan fingerprint density at radius 2 is 1.24 bits per heavy atom. The van der Waals surface area contributed by atoms with Gasteiger partial charge in [0.05, 0.1) is 18.0 Å². The summed E-state index contributed by atoms with van der Waals surface area (Å²) in [6, 6.07) is 20.0. The van der Waals surface area contributed by atoms with Crippen LogP contribution in [-0.2, 0) is 16.2 Å². The molecule has 1 heterocycles. The maximum Gasteiger partial charge on any atom is 0.270 e. The molecule has 1 saturated heterocycles. The third kappa shape index (κ3) is 6.68. The van der Waals surface area contributed by atoms with Crippen LogP contribution >= 0.6 is 35.4 Å². The normalized spacial score (nSPS) is 13.4. The van der Waals surface area contributed by atoms with Crippen LogP contribution in [0.1, 0.15) is 45.9 Å². The molecule has 0 atom stereocenters. The zero-order chi connectivity index (χ0) is 33.3. The van der Waals surface area contributed by atoms with Crippen molar-refractivity contribution in [3.05, 3.63) is 121 Å². The van der Waals surface area contributed by atoms with Crippen molar-refractivity contribution in [3.8, 4) is 11.5 Å². The molecule has 4 aromatic carbocycles. The van der Waals surface area contributed by atoms with Gasteiger partial charge in [0.1, 0.15) is 12.2 Å². The second kappa shape index (κ2) is 13.7. The molecule has 5 rings (SSSR count). The minimum atomic E-state index is -0.576. The van der Waals surface area contributed by atoms with Gasteiger partial charge >= 0.3 is 0 Å². The summed E-state index contributed by atoms with van der Waals surface area (Å²) in [6.45, 7) is 12.6. The van der Waals surface area contributed by atoms with Gasteiger partial charge in [0.25, 0.3) is 11.8 Å². The summed E-state index contributed by atoms with van der Waals surface area (Å²) in [7, 11) is 0. The fraction of sp³-hybridized carbons (Fsp3) is 0.216. The van der Waals surface area contributed by atoms with E-state index in [1.54, 1.807) is 60.7 Å². The molecule has 1 fully saturated rings. The Hall–Kier alpha value is -4.17. The highest BCUT2D eigenvalue weighted by molar-refractivity contribution is 7.81. The molecule has 0 aliphatic carbocycles. The van der Waals surface area contributed by atoms with Crippen LogP contribution in [0, 0.1) is 34.6 Å². The zero-order valence-electron chi connectivity index (χ0n) is 26.5. The van der Waals surface area contributed by atoms with Gasteiger partial charge in [-0.05, 0) is 130 Å². The van der Waals surface area contributed by atoms with Gasteiger partial charge in [0.2, 0.25) is 0 Å². The lowest BCUT2D eigenvalue weighted by atomic mass is 10.0. The Kier molecular flexibility index (Phi) is 9.87. The van der Waals surface area contributed by atoms with E-state index in [2.05, 4.69) is 32.9 Å². The minimum Gasteiger partial charge on any atom is -0.490 e. The number of carbonyl (C=O) groups is 2. The monoisotopic (exact) mass is 672 g/mol. The number of hydrogen-bond donors (Lipinski definition) is 0. The molecule has 2 amide bonds. The Balaban J connectivity index is 1.56. The maximum atomic E-state index is 14.1. The highest BCUT2D eigenvalue weighted by atomic mass is 35.5. The van der Waals surface area contributed by atoms with Crippen molar-refractivity contribution in [2.75, 3.05) is 16.4 Å². The van der Waals surface area contributed by atoms with Crippen molar-refractivity contribution in [3.63, 3.8) is 0 Å². The standard InChI is InChI=1S/C37H34Cl2N2O4S/c1-7-44-34-17-26(10-13-33(34)45-20-30-24(5)14-21(2)15-25(30)6)16-29-35(42)40(27-11-8-22(3)31(38)18-27)37(46)41(36(29)43)28-12-9-23(4)32(39)19-28/h8-19H,7,20H2,1-6H3. The van der Waals surface area contributed by atoms with Gasteiger partial charge < -0.3 is 9.47 Å². The molecule has 0 bridgehead atoms. The first-order valence-corrected chi connectivity index (χ1v) is 16.0. The van der Waals surface area contributed by atoms with E-state index in [0.717, 1.165) is 27.8 Å². The molecule has 0 spiro atoms. The predicted octanol–water partition coefficient (Wildman–Crippen LogP) is 9.26. The van der Waals surface area contributed by atoms with Gasteiger partial charge in [0, 0.05) is 10.0 Å². The molecule has 0 radical (unpaired) electrons. The summed E-state index contributed by atoms with van der Waals surface area (Å²) in [5.41, 5.74) is 7.66. The van der Waals surface area contributed by atoms with Crippen LogP contribution in [0.3, 0.4) is 0 Å². The number of nitrogens with zero attached hydrogens (tertiary/aromatic N) is 2. The van der Waals surface area contributed by atoms with Crippen LogP contribution in [0.5, 0.6) is 11.5 Å². The smallest absolute Gasteiger partial charge is 0.270 e. The molecule has 0 saturated carbocycles. The third-order valence-corrected chi connectivity index (χ3v) is 9.05. The molecule has 1 aliphatic heterocycles. The molecule has 9 heteroatoms. The van der Waals surface area contributed by atoms with E-state index in [0.29, 0.717) is 51.7 Å². The van der Waals surface area contributed by atoms with Crippen LogP contribution in [0.15, 0.2) is 72.3 Å². The lowest BCUT2D eigenvalue weighted by molar-refractivity contribution is -0.120. The highest BCUT2D eigenvalue weighted by Crippen LogP contribution is 2.35. The Morgan fingerprint density at radius 3 is 1.74 bits per heavy atom. The van der Waals surface area contributed by atoms with Gasteiger partial charge in [-0.15, -0.1) is 0 Å². The molecule has 4 aromatic rings. The van der Waals surface area contributed by atoms with Gasteiger partial charge in [-0.2, -0.15) is 0 Å². The van der Waals surface area contributed by atoms with E-state index in [4.69, 9.17) is 44.9 Å². The van der Waals surface area contributed by atoms with Crippen molar-refractivity contribution in [1.29, 1.82) is 0 Å². The average molecular weight is 674 g/mol. The molecule has 46 heavy (non-hydrogen) atoms. The van der Waals surface area contributed by atoms with Crippen molar-refractivity contribution < 1.29 is 19.1 Å². The molecular formula is C37H34Cl2N2O4S. The molecule has 0 aromatic heterocycles. The van der Waals surface area contributed by atoms with Crippen LogP contribution in [-0.4, -0.2) is 23.5 Å². The second-order valence-corrected chi connectivity index (χ2v) is 12.5. The topological polar surface area (TPSA) is 59.1 Å². The van der Waals surface area contributed by atoms with E-state index >= 15 is 0 Å². The molecule has 6 nitrogen and oxygen atoms in total. The minimum absolute atomic E-state index is 0.00700. The largest absolute Gasteiger partial charge is 0.490 e. The van der Waals surface area contributed by atoms with Crippen molar-refractivity contribution in [2.45, 2.75) is 48.1 Å². The lowest BCUT2D eigenvalue weighted by Gasteiger charge is -2.36. The molecule has 0 unspecified atom stereocenters. The van der Waals surface area contributed by atoms with Gasteiger partial charge in [0.15, 0.2) is 16.6 Å². The number of rotatable bonds is 8. The lowest BCUT2D eigenvalue weighted by Crippen LogP contribution is -2.57. The zero-order valence-corrected chi connectivity index (χ0v) is 28.9. The quantitative estimate of drug-likeness (QED) is 0.106. The first-order valence-electron chi connectivity index (χ1n) is 14.8. The Bertz CT molecular complexity index is 1820. The van der Waals surface area contributed by atoms with Gasteiger partial charge in [-0.1, -0.05) is 59.1 Å². The fourth-order valence-electron chi connectivity index (χ4n) is 5.38. The van der Waals surface area contributed by atoms with Crippen molar-refractivity contribution >= 4 is 69.8 Å². The number of aryl methyl sites for hydroxylation is 5. The number of halogens is 2. The maximum absolute atomic E-state index is 14.1. The number of carbonyl (C=O) groups excluding carboxylic acids is 2. The number of anilines is 2. The van der Waals surface area contributed by atoms with E-state index < -0.39 is 11.8 Å². The summed E-state index contributed by atoms with van der Waals surface area (Å²) in [6.07, 6.45) is 1.54. The number of thiocarbonyl (C=S) groups is 1. The summed E-state index contributed by atoms with van der Waals surface area (Å²) >= 11 is 18.7. The molecule has 0 N–H and O–H groups in total. The third-order valence-electron chi connectivity index (χ3n) is 7.87. The first-order chi connectivity index (χ1) is 21.9. The van der Waals surface area contributed by atoms with Gasteiger partial charge in [-0.25, -0.2) is 0 Å². The van der Waals surface area contributed by atoms with E-state index in [1.165, 1.54) is 15.4 Å². The SMILES string of the molecule is CCOc1cc(C=C2C(=O)N(c3ccc(C)c(Cl)c3)C(=S)N(c3ccc(C)c(Cl)c3)C2=O)ccc1OCc1c(C)cc(C)cc1C. The fourth-order valence-corrected chi connectivity index (χ4v) is 6.11. The summed E-state index contributed by atoms with van der Waals surface area (Å²) < 4.78 is 12.2. The molecular weight excluding hydrogens is 639 g/mol. The van der Waals surface area contributed by atoms with Gasteiger partial charge in [-0.3, -0.25) is 19.4 Å². The summed E-state index contributed by atoms with van der Waals surface area (Å²) in [5.74, 6) is -0.103. The van der Waals surface area contributed by atoms with E-state index in [-0.39, 0.29) is 10.7 Å². The summed E-state index contributed by atoms with van der Waals surface area (Å²) in [5, 5.41) is 0.925. The Labute approximate surface area is 285 Å². The van der Waals surface area contributed by atoms with Crippen LogP contribution in [0.4, 0.5) is 11.4 Å². The predicted molar refractivity (Wildman–Crippen MR) is 191 cm³/mol. The number of amides is 2. The number of ether oxygens (including phenoxy) is 2.